The Morgan fingerprint density at radius 1 is 0.821 bits per heavy atom. The zero-order valence-electron chi connectivity index (χ0n) is 15.8. The number of hydrogen-bond donors (Lipinski definition) is 2. The molecular weight excluding hydrogens is 344 g/mol. The van der Waals surface area contributed by atoms with Crippen molar-refractivity contribution in [3.8, 4) is 16.9 Å². The van der Waals surface area contributed by atoms with Gasteiger partial charge < -0.3 is 10.2 Å². The largest absolute Gasteiger partial charge is 0.513 e. The first-order valence-electron chi connectivity index (χ1n) is 9.28. The minimum absolute atomic E-state index is 0.230. The highest BCUT2D eigenvalue weighted by Gasteiger charge is 2.46. The summed E-state index contributed by atoms with van der Waals surface area (Å²) < 4.78 is 0. The summed E-state index contributed by atoms with van der Waals surface area (Å²) >= 11 is 0. The molecule has 0 unspecified atom stereocenters. The molecule has 0 amide bonds. The van der Waals surface area contributed by atoms with Gasteiger partial charge in [0.1, 0.15) is 5.75 Å². The molecule has 4 rings (SSSR count). The smallest absolute Gasteiger partial charge is 0.115 e. The number of aliphatic hydroxyl groups is 1. The topological polar surface area (TPSA) is 40.5 Å². The molecule has 0 atom stereocenters. The Kier molecular flexibility index (Phi) is 4.40. The molecule has 2 heteroatoms. The van der Waals surface area contributed by atoms with E-state index in [1.54, 1.807) is 25.1 Å². The summed E-state index contributed by atoms with van der Waals surface area (Å²) in [5.41, 5.74) is 6.12. The van der Waals surface area contributed by atoms with Crippen LogP contribution >= 0.6 is 0 Å². The van der Waals surface area contributed by atoms with Crippen molar-refractivity contribution in [1.29, 1.82) is 0 Å². The highest BCUT2D eigenvalue weighted by molar-refractivity contribution is 5.86. The molecule has 0 heterocycles. The summed E-state index contributed by atoms with van der Waals surface area (Å²) in [5.74, 6) is 0.466. The van der Waals surface area contributed by atoms with Crippen molar-refractivity contribution in [2.24, 2.45) is 0 Å². The first kappa shape index (κ1) is 17.9. The molecule has 0 aliphatic heterocycles. The van der Waals surface area contributed by atoms with E-state index in [0.29, 0.717) is 0 Å². The van der Waals surface area contributed by atoms with Gasteiger partial charge in [0, 0.05) is 0 Å². The molecule has 2 nitrogen and oxygen atoms in total. The Bertz CT molecular complexity index is 1050. The second-order valence-electron chi connectivity index (χ2n) is 7.02. The van der Waals surface area contributed by atoms with E-state index in [-0.39, 0.29) is 11.5 Å². The fourth-order valence-corrected chi connectivity index (χ4v) is 4.29. The molecule has 1 aliphatic carbocycles. The number of aromatic hydroxyl groups is 1. The van der Waals surface area contributed by atoms with Gasteiger partial charge in [0.05, 0.1) is 11.2 Å². The summed E-state index contributed by atoms with van der Waals surface area (Å²) in [4.78, 5) is 0. The number of allylic oxidation sites excluding steroid dienone is 5. The first-order chi connectivity index (χ1) is 13.6. The molecular formula is C26H22O2. The molecule has 138 valence electrons. The maximum atomic E-state index is 9.87. The van der Waals surface area contributed by atoms with Gasteiger partial charge >= 0.3 is 0 Å². The van der Waals surface area contributed by atoms with Gasteiger partial charge in [-0.3, -0.25) is 0 Å². The van der Waals surface area contributed by atoms with Crippen LogP contribution < -0.4 is 0 Å². The van der Waals surface area contributed by atoms with E-state index in [2.05, 4.69) is 43.0 Å². The molecule has 28 heavy (non-hydrogen) atoms. The zero-order chi connectivity index (χ0) is 19.7. The number of benzene rings is 3. The van der Waals surface area contributed by atoms with E-state index in [4.69, 9.17) is 0 Å². The number of phenols is 1. The predicted molar refractivity (Wildman–Crippen MR) is 115 cm³/mol. The van der Waals surface area contributed by atoms with Crippen molar-refractivity contribution >= 4 is 0 Å². The third kappa shape index (κ3) is 2.57. The van der Waals surface area contributed by atoms with E-state index in [0.717, 1.165) is 22.3 Å². The van der Waals surface area contributed by atoms with E-state index in [9.17, 15) is 10.2 Å². The van der Waals surface area contributed by atoms with Gasteiger partial charge in [-0.1, -0.05) is 79.4 Å². The van der Waals surface area contributed by atoms with Gasteiger partial charge in [-0.2, -0.15) is 0 Å². The van der Waals surface area contributed by atoms with Gasteiger partial charge in [0.2, 0.25) is 0 Å². The molecule has 0 bridgehead atoms. The minimum Gasteiger partial charge on any atom is -0.513 e. The molecule has 2 N–H and O–H groups in total. The molecule has 0 aromatic heterocycles. The first-order valence-corrected chi connectivity index (χ1v) is 9.28. The Labute approximate surface area is 165 Å². The van der Waals surface area contributed by atoms with Gasteiger partial charge in [-0.05, 0) is 58.5 Å². The minimum atomic E-state index is -0.575. The van der Waals surface area contributed by atoms with E-state index in [1.165, 1.54) is 11.1 Å². The summed E-state index contributed by atoms with van der Waals surface area (Å²) in [7, 11) is 0. The van der Waals surface area contributed by atoms with Crippen molar-refractivity contribution in [2.45, 2.75) is 12.3 Å². The third-order valence-electron chi connectivity index (χ3n) is 5.41. The molecule has 0 saturated heterocycles. The number of aliphatic hydroxyl groups excluding tert-OH is 1. The maximum Gasteiger partial charge on any atom is 0.115 e. The van der Waals surface area contributed by atoms with Crippen LogP contribution in [0.4, 0.5) is 0 Å². The van der Waals surface area contributed by atoms with Crippen molar-refractivity contribution < 1.29 is 10.2 Å². The lowest BCUT2D eigenvalue weighted by Crippen LogP contribution is -2.28. The molecule has 3 aromatic rings. The predicted octanol–water partition coefficient (Wildman–Crippen LogP) is 6.28. The van der Waals surface area contributed by atoms with Crippen LogP contribution in [-0.4, -0.2) is 10.2 Å². The van der Waals surface area contributed by atoms with Crippen molar-refractivity contribution in [1.82, 2.24) is 0 Å². The molecule has 0 spiro atoms. The van der Waals surface area contributed by atoms with Crippen molar-refractivity contribution in [3.63, 3.8) is 0 Å². The highest BCUT2D eigenvalue weighted by atomic mass is 16.3. The molecule has 1 aliphatic rings. The van der Waals surface area contributed by atoms with Crippen LogP contribution in [0.2, 0.25) is 0 Å². The number of hydrogen-bond acceptors (Lipinski definition) is 2. The quantitative estimate of drug-likeness (QED) is 0.421. The average molecular weight is 366 g/mol. The van der Waals surface area contributed by atoms with E-state index >= 15 is 0 Å². The van der Waals surface area contributed by atoms with Crippen LogP contribution in [0.5, 0.6) is 5.75 Å². The van der Waals surface area contributed by atoms with Gasteiger partial charge in [0.15, 0.2) is 0 Å². The van der Waals surface area contributed by atoms with E-state index < -0.39 is 5.41 Å². The normalized spacial score (nSPS) is 15.0. The maximum absolute atomic E-state index is 9.87. The van der Waals surface area contributed by atoms with E-state index in [1.807, 2.05) is 36.4 Å². The summed E-state index contributed by atoms with van der Waals surface area (Å²) in [5, 5.41) is 19.6. The average Bonchev–Trinajstić information content (AvgIpc) is 3.01. The lowest BCUT2D eigenvalue weighted by atomic mass is 9.67. The van der Waals surface area contributed by atoms with Gasteiger partial charge in [-0.25, -0.2) is 0 Å². The lowest BCUT2D eigenvalue weighted by molar-refractivity contribution is 0.414. The third-order valence-corrected chi connectivity index (χ3v) is 5.41. The monoisotopic (exact) mass is 366 g/mol. The second kappa shape index (κ2) is 6.90. The van der Waals surface area contributed by atoms with Crippen LogP contribution in [0, 0.1) is 0 Å². The Hall–Kier alpha value is -3.52. The van der Waals surface area contributed by atoms with Crippen molar-refractivity contribution in [2.75, 3.05) is 0 Å². The summed E-state index contributed by atoms with van der Waals surface area (Å²) in [6.07, 6.45) is 5.47. The van der Waals surface area contributed by atoms with Crippen LogP contribution in [0.1, 0.15) is 23.6 Å². The molecule has 0 radical (unpaired) electrons. The standard InChI is InChI=1S/C26H22O2/c1-3-19(13-12-18(2)27)26(20-14-16-21(28)17-15-20)24-10-6-4-8-22(24)23-9-5-7-11-25(23)26/h3-17,27-28H,1H2,2H3/b18-12+,19-13+. The molecule has 0 fully saturated rings. The number of fused-ring (bicyclic) bond motifs is 3. The fourth-order valence-electron chi connectivity index (χ4n) is 4.29. The molecule has 3 aromatic carbocycles. The number of rotatable bonds is 4. The highest BCUT2D eigenvalue weighted by Crippen LogP contribution is 2.56. The van der Waals surface area contributed by atoms with Crippen molar-refractivity contribution in [3.05, 3.63) is 126 Å². The number of phenolic OH excluding ortho intramolecular Hbond substituents is 1. The Morgan fingerprint density at radius 2 is 1.36 bits per heavy atom. The van der Waals surface area contributed by atoms with Gasteiger partial charge in [-0.15, -0.1) is 0 Å². The SMILES string of the molecule is C=C/C(=C\C=C(/C)O)C1(c2ccc(O)cc2)c2ccccc2-c2ccccc21. The molecule has 0 saturated carbocycles. The van der Waals surface area contributed by atoms with Crippen LogP contribution in [0.15, 0.2) is 109 Å². The van der Waals surface area contributed by atoms with Crippen LogP contribution in [0.3, 0.4) is 0 Å². The Morgan fingerprint density at radius 3 is 1.86 bits per heavy atom. The van der Waals surface area contributed by atoms with Crippen LogP contribution in [-0.2, 0) is 5.41 Å². The van der Waals surface area contributed by atoms with Crippen LogP contribution in [0.25, 0.3) is 11.1 Å². The summed E-state index contributed by atoms with van der Waals surface area (Å²) in [6, 6.07) is 24.1. The zero-order valence-corrected chi connectivity index (χ0v) is 15.8. The fraction of sp³-hybridized carbons (Fsp3) is 0.0769. The van der Waals surface area contributed by atoms with Gasteiger partial charge in [0.25, 0.3) is 0 Å². The Balaban J connectivity index is 2.16. The second-order valence-corrected chi connectivity index (χ2v) is 7.02. The lowest BCUT2D eigenvalue weighted by Gasteiger charge is -2.34. The summed E-state index contributed by atoms with van der Waals surface area (Å²) in [6.45, 7) is 5.74.